The number of nitro benzene ring substituents is 1. The Labute approximate surface area is 152 Å². The number of aryl methyl sites for hydroxylation is 1. The number of ether oxygens (including phenoxy) is 2. The Kier molecular flexibility index (Phi) is 5.17. The van der Waals surface area contributed by atoms with E-state index < -0.39 is 4.92 Å². The fraction of sp³-hybridized carbons (Fsp3) is 0.143. The molecule has 0 atom stereocenters. The fourth-order valence-corrected chi connectivity index (χ4v) is 2.75. The molecule has 0 aromatic heterocycles. The van der Waals surface area contributed by atoms with Gasteiger partial charge in [-0.1, -0.05) is 36.4 Å². The van der Waals surface area contributed by atoms with Crippen LogP contribution in [0.3, 0.4) is 0 Å². The van der Waals surface area contributed by atoms with Gasteiger partial charge in [-0.25, -0.2) is 0 Å². The molecular weight excluding hydrogens is 330 g/mol. The molecule has 0 bridgehead atoms. The van der Waals surface area contributed by atoms with Crippen LogP contribution in [-0.4, -0.2) is 12.0 Å². The van der Waals surface area contributed by atoms with Crippen LogP contribution in [0, 0.1) is 17.0 Å². The summed E-state index contributed by atoms with van der Waals surface area (Å²) in [4.78, 5) is 11.0. The summed E-state index contributed by atoms with van der Waals surface area (Å²) in [6.45, 7) is 2.41. The monoisotopic (exact) mass is 349 g/mol. The lowest BCUT2D eigenvalue weighted by Gasteiger charge is -2.11. The molecule has 0 spiro atoms. The third kappa shape index (κ3) is 3.83. The normalized spacial score (nSPS) is 10.4. The first-order valence-corrected chi connectivity index (χ1v) is 8.18. The number of hydrogen-bond donors (Lipinski definition) is 0. The van der Waals surface area contributed by atoms with Crippen molar-refractivity contribution >= 4 is 5.69 Å². The standard InChI is InChI=1S/C21H19NO4/c1-15-12-17(19-10-9-18(25-2)13-20(19)22(23)24)8-11-21(15)26-14-16-6-4-3-5-7-16/h3-13H,14H2,1-2H3. The molecule has 0 saturated carbocycles. The maximum atomic E-state index is 11.4. The molecule has 0 N–H and O–H groups in total. The Morgan fingerprint density at radius 2 is 1.77 bits per heavy atom. The summed E-state index contributed by atoms with van der Waals surface area (Å²) in [5, 5.41) is 11.4. The summed E-state index contributed by atoms with van der Waals surface area (Å²) in [5.74, 6) is 1.22. The molecule has 132 valence electrons. The van der Waals surface area contributed by atoms with E-state index in [1.165, 1.54) is 13.2 Å². The van der Waals surface area contributed by atoms with Gasteiger partial charge in [-0.15, -0.1) is 0 Å². The molecule has 3 aromatic carbocycles. The first-order chi connectivity index (χ1) is 12.6. The topological polar surface area (TPSA) is 61.6 Å². The first kappa shape index (κ1) is 17.5. The number of hydrogen-bond acceptors (Lipinski definition) is 4. The smallest absolute Gasteiger partial charge is 0.280 e. The average molecular weight is 349 g/mol. The fourth-order valence-electron chi connectivity index (χ4n) is 2.75. The van der Waals surface area contributed by atoms with E-state index in [2.05, 4.69) is 0 Å². The van der Waals surface area contributed by atoms with Gasteiger partial charge in [0.25, 0.3) is 5.69 Å². The van der Waals surface area contributed by atoms with Crippen LogP contribution in [0.1, 0.15) is 11.1 Å². The number of rotatable bonds is 6. The van der Waals surface area contributed by atoms with Crippen molar-refractivity contribution < 1.29 is 14.4 Å². The van der Waals surface area contributed by atoms with Crippen LogP contribution >= 0.6 is 0 Å². The second-order valence-corrected chi connectivity index (χ2v) is 5.89. The molecule has 5 heteroatoms. The molecule has 0 heterocycles. The van der Waals surface area contributed by atoms with Crippen molar-refractivity contribution in [3.63, 3.8) is 0 Å². The summed E-state index contributed by atoms with van der Waals surface area (Å²) in [5.41, 5.74) is 3.34. The zero-order valence-electron chi connectivity index (χ0n) is 14.6. The van der Waals surface area contributed by atoms with Crippen molar-refractivity contribution in [3.8, 4) is 22.6 Å². The van der Waals surface area contributed by atoms with Gasteiger partial charge in [-0.3, -0.25) is 10.1 Å². The van der Waals surface area contributed by atoms with Gasteiger partial charge in [0.15, 0.2) is 0 Å². The first-order valence-electron chi connectivity index (χ1n) is 8.18. The average Bonchev–Trinajstić information content (AvgIpc) is 2.67. The molecule has 0 aliphatic rings. The van der Waals surface area contributed by atoms with Crippen molar-refractivity contribution in [2.45, 2.75) is 13.5 Å². The van der Waals surface area contributed by atoms with Gasteiger partial charge in [-0.05, 0) is 47.9 Å². The Balaban J connectivity index is 1.87. The molecule has 0 radical (unpaired) electrons. The molecule has 0 fully saturated rings. The molecule has 0 amide bonds. The summed E-state index contributed by atoms with van der Waals surface area (Å²) >= 11 is 0. The van der Waals surface area contributed by atoms with Crippen molar-refractivity contribution in [1.82, 2.24) is 0 Å². The van der Waals surface area contributed by atoms with Gasteiger partial charge >= 0.3 is 0 Å². The van der Waals surface area contributed by atoms with Crippen LogP contribution in [0.25, 0.3) is 11.1 Å². The second kappa shape index (κ2) is 7.70. The lowest BCUT2D eigenvalue weighted by molar-refractivity contribution is -0.384. The van der Waals surface area contributed by atoms with E-state index >= 15 is 0 Å². The van der Waals surface area contributed by atoms with E-state index in [1.807, 2.05) is 55.5 Å². The minimum atomic E-state index is -0.396. The van der Waals surface area contributed by atoms with Gasteiger partial charge in [0, 0.05) is 0 Å². The third-order valence-electron chi connectivity index (χ3n) is 4.12. The predicted octanol–water partition coefficient (Wildman–Crippen LogP) is 5.16. The van der Waals surface area contributed by atoms with Crippen LogP contribution < -0.4 is 9.47 Å². The molecule has 0 aliphatic heterocycles. The lowest BCUT2D eigenvalue weighted by atomic mass is 10.0. The molecule has 0 unspecified atom stereocenters. The minimum absolute atomic E-state index is 0.0155. The maximum Gasteiger partial charge on any atom is 0.280 e. The zero-order valence-corrected chi connectivity index (χ0v) is 14.6. The van der Waals surface area contributed by atoms with Crippen LogP contribution in [0.15, 0.2) is 66.7 Å². The van der Waals surface area contributed by atoms with E-state index in [4.69, 9.17) is 9.47 Å². The highest BCUT2D eigenvalue weighted by Crippen LogP contribution is 2.35. The van der Waals surface area contributed by atoms with Crippen molar-refractivity contribution in [2.75, 3.05) is 7.11 Å². The largest absolute Gasteiger partial charge is 0.497 e. The third-order valence-corrected chi connectivity index (χ3v) is 4.12. The van der Waals surface area contributed by atoms with Crippen LogP contribution in [0.4, 0.5) is 5.69 Å². The maximum absolute atomic E-state index is 11.4. The molecule has 0 aliphatic carbocycles. The van der Waals surface area contributed by atoms with Gasteiger partial charge in [-0.2, -0.15) is 0 Å². The van der Waals surface area contributed by atoms with Crippen molar-refractivity contribution in [3.05, 3.63) is 88.0 Å². The predicted molar refractivity (Wildman–Crippen MR) is 101 cm³/mol. The zero-order chi connectivity index (χ0) is 18.5. The highest BCUT2D eigenvalue weighted by atomic mass is 16.6. The van der Waals surface area contributed by atoms with Gasteiger partial charge in [0.2, 0.25) is 0 Å². The summed E-state index contributed by atoms with van der Waals surface area (Å²) in [6, 6.07) is 20.4. The number of nitrogens with zero attached hydrogens (tertiary/aromatic N) is 1. The van der Waals surface area contributed by atoms with Crippen LogP contribution in [0.5, 0.6) is 11.5 Å². The van der Waals surface area contributed by atoms with Crippen molar-refractivity contribution in [2.24, 2.45) is 0 Å². The van der Waals surface area contributed by atoms with E-state index in [-0.39, 0.29) is 5.69 Å². The van der Waals surface area contributed by atoms with Gasteiger partial charge in [0.05, 0.1) is 23.7 Å². The lowest BCUT2D eigenvalue weighted by Crippen LogP contribution is -1.98. The van der Waals surface area contributed by atoms with Crippen molar-refractivity contribution in [1.29, 1.82) is 0 Å². The number of methoxy groups -OCH3 is 1. The van der Waals surface area contributed by atoms with E-state index in [9.17, 15) is 10.1 Å². The highest BCUT2D eigenvalue weighted by molar-refractivity contribution is 5.75. The van der Waals surface area contributed by atoms with Crippen LogP contribution in [-0.2, 0) is 6.61 Å². The number of nitro groups is 1. The van der Waals surface area contributed by atoms with E-state index in [1.54, 1.807) is 12.1 Å². The summed E-state index contributed by atoms with van der Waals surface area (Å²) < 4.78 is 11.0. The Hall–Kier alpha value is -3.34. The van der Waals surface area contributed by atoms with E-state index in [0.717, 1.165) is 22.4 Å². The summed E-state index contributed by atoms with van der Waals surface area (Å²) in [7, 11) is 1.49. The van der Waals surface area contributed by atoms with E-state index in [0.29, 0.717) is 17.9 Å². The molecule has 5 nitrogen and oxygen atoms in total. The molecule has 3 rings (SSSR count). The summed E-state index contributed by atoms with van der Waals surface area (Å²) in [6.07, 6.45) is 0. The Morgan fingerprint density at radius 1 is 1.00 bits per heavy atom. The molecule has 3 aromatic rings. The SMILES string of the molecule is COc1ccc(-c2ccc(OCc3ccccc3)c(C)c2)c([N+](=O)[O-])c1. The molecular formula is C21H19NO4. The van der Waals surface area contributed by atoms with Gasteiger partial charge < -0.3 is 9.47 Å². The number of benzene rings is 3. The molecule has 26 heavy (non-hydrogen) atoms. The Bertz CT molecular complexity index is 923. The van der Waals surface area contributed by atoms with Crippen LogP contribution in [0.2, 0.25) is 0 Å². The second-order valence-electron chi connectivity index (χ2n) is 5.89. The highest BCUT2D eigenvalue weighted by Gasteiger charge is 2.17. The quantitative estimate of drug-likeness (QED) is 0.456. The van der Waals surface area contributed by atoms with Gasteiger partial charge in [0.1, 0.15) is 18.1 Å². The molecule has 0 saturated heterocycles. The Morgan fingerprint density at radius 3 is 2.42 bits per heavy atom. The minimum Gasteiger partial charge on any atom is -0.497 e.